The summed E-state index contributed by atoms with van der Waals surface area (Å²) >= 11 is 19.1. The van der Waals surface area contributed by atoms with Crippen molar-refractivity contribution in [3.05, 3.63) is 278 Å². The van der Waals surface area contributed by atoms with E-state index in [-0.39, 0.29) is 129 Å². The number of pyridine rings is 4. The Labute approximate surface area is 668 Å². The van der Waals surface area contributed by atoms with Crippen molar-refractivity contribution in [2.75, 3.05) is 10.7 Å². The summed E-state index contributed by atoms with van der Waals surface area (Å²) in [5.41, 5.74) is 9.42. The summed E-state index contributed by atoms with van der Waals surface area (Å²) in [4.78, 5) is 17.9. The second-order valence-electron chi connectivity index (χ2n) is 24.9. The molecule has 0 atom stereocenters. The average Bonchev–Trinajstić information content (AvgIpc) is 0.858. The standard InChI is InChI=1S/2C18H24N2.2C18H15P.2CH2Cl2.2Au.2BF4.2O.2Pd/c2*1-17(2,3)13-7-9-19-15(11-13)16-12-14(8-10-20-16)18(4,5)6;2*1-4-10-16(11-5-1)19(17-12-6-2-7-13-17)18-14-8-3-9-15-18;2*2-1-3;;;2*2-1(3,4)5;;;;/h2*7-12H,1-6H3;2*1-15H;2*1H2;;;;;;;;/q;;;;;;2*+1;2*-1;2*-2;2*+2/p+2. The van der Waals surface area contributed by atoms with E-state index in [0.29, 0.717) is 0 Å². The molecule has 0 aliphatic heterocycles. The van der Waals surface area contributed by atoms with Crippen LogP contribution in [0.5, 0.6) is 0 Å². The minimum absolute atomic E-state index is 0. The van der Waals surface area contributed by atoms with Crippen LogP contribution in [0.1, 0.15) is 105 Å². The van der Waals surface area contributed by atoms with Crippen molar-refractivity contribution in [1.29, 1.82) is 0 Å². The monoisotopic (exact) mass is 2040 g/mol. The number of alkyl halides is 4. The van der Waals surface area contributed by atoms with E-state index < -0.39 is 30.4 Å². The third-order valence-corrected chi connectivity index (χ3v) is 18.9. The quantitative estimate of drug-likeness (QED) is 0.0653. The van der Waals surface area contributed by atoms with Crippen LogP contribution in [0, 0.1) is 0 Å². The van der Waals surface area contributed by atoms with Crippen molar-refractivity contribution in [3.8, 4) is 22.8 Å². The molecule has 0 radical (unpaired) electrons. The van der Waals surface area contributed by atoms with E-state index in [1.807, 2.05) is 24.8 Å². The van der Waals surface area contributed by atoms with Crippen LogP contribution in [0.25, 0.3) is 22.8 Å². The topological polar surface area (TPSA) is 109 Å². The molecule has 552 valence electrons. The van der Waals surface area contributed by atoms with E-state index in [0.717, 1.165) is 22.8 Å². The van der Waals surface area contributed by atoms with Gasteiger partial charge in [-0.3, -0.25) is 19.9 Å². The van der Waals surface area contributed by atoms with Crippen molar-refractivity contribution in [3.63, 3.8) is 0 Å². The van der Waals surface area contributed by atoms with Gasteiger partial charge in [0.15, 0.2) is 0 Å². The summed E-state index contributed by atoms with van der Waals surface area (Å²) in [6, 6.07) is 81.9. The smallest absolute Gasteiger partial charge is 2.00 e. The molecule has 0 aliphatic rings. The maximum absolute atomic E-state index is 9.75. The Morgan fingerprint density at radius 2 is 0.400 bits per heavy atom. The number of nitrogens with zero attached hydrogens (tertiary/aromatic N) is 4. The molecule has 0 saturated heterocycles. The van der Waals surface area contributed by atoms with Gasteiger partial charge >= 0.3 is 100 Å². The normalized spacial score (nSPS) is 10.6. The van der Waals surface area contributed by atoms with Crippen LogP contribution in [0.4, 0.5) is 34.5 Å². The molecule has 10 rings (SSSR count). The van der Waals surface area contributed by atoms with Crippen LogP contribution in [-0.4, -0.2) is 45.1 Å². The maximum atomic E-state index is 9.75. The third-order valence-electron chi connectivity index (χ3n) is 13.4. The fourth-order valence-electron chi connectivity index (χ4n) is 8.78. The zero-order valence-electron chi connectivity index (χ0n) is 57.2. The Morgan fingerprint density at radius 1 is 0.280 bits per heavy atom. The Morgan fingerprint density at radius 3 is 0.510 bits per heavy atom. The van der Waals surface area contributed by atoms with Crippen molar-refractivity contribution in [2.24, 2.45) is 0 Å². The van der Waals surface area contributed by atoms with Crippen molar-refractivity contribution >= 4 is 109 Å². The Kier molecular flexibility index (Phi) is 52.8. The van der Waals surface area contributed by atoms with Crippen LogP contribution in [0.2, 0.25) is 0 Å². The number of benzene rings is 6. The summed E-state index contributed by atoms with van der Waals surface area (Å²) in [7, 11) is -13.8. The van der Waals surface area contributed by atoms with Gasteiger partial charge in [0.25, 0.3) is 0 Å². The predicted octanol–water partition coefficient (Wildman–Crippen LogP) is 21.0. The number of rotatable bonds is 8. The molecule has 0 saturated carbocycles. The Balaban J connectivity index is -0.000000561. The first-order valence-corrected chi connectivity index (χ1v) is 35.1. The van der Waals surface area contributed by atoms with E-state index in [2.05, 4.69) is 334 Å². The molecule has 100 heavy (non-hydrogen) atoms. The molecular formula is C74H84Au2B2Cl4F8N4O2P2Pd2+2. The van der Waals surface area contributed by atoms with E-state index in [4.69, 9.17) is 46.4 Å². The Hall–Kier alpha value is -3.76. The van der Waals surface area contributed by atoms with Gasteiger partial charge < -0.3 is 45.5 Å². The number of hydrogen-bond acceptors (Lipinski definition) is 4. The summed E-state index contributed by atoms with van der Waals surface area (Å²) < 4.78 is 78.0. The molecule has 0 amide bonds. The molecule has 4 aromatic heterocycles. The summed E-state index contributed by atoms with van der Waals surface area (Å²) in [6.07, 6.45) is 7.51. The van der Waals surface area contributed by atoms with Crippen molar-refractivity contribution in [1.82, 2.24) is 19.9 Å². The van der Waals surface area contributed by atoms with Crippen LogP contribution >= 0.6 is 62.2 Å². The second kappa shape index (κ2) is 51.4. The molecule has 0 N–H and O–H groups in total. The molecule has 6 aromatic carbocycles. The van der Waals surface area contributed by atoms with E-state index in [9.17, 15) is 34.5 Å². The van der Waals surface area contributed by atoms with Gasteiger partial charge in [0.2, 0.25) is 0 Å². The summed E-state index contributed by atoms with van der Waals surface area (Å²) in [5.74, 6) is 0. The summed E-state index contributed by atoms with van der Waals surface area (Å²) in [6.45, 7) is 26.6. The molecule has 0 bridgehead atoms. The molecule has 10 aromatic rings. The molecule has 6 nitrogen and oxygen atoms in total. The van der Waals surface area contributed by atoms with Gasteiger partial charge in [-0.25, -0.2) is 0 Å². The number of hydrogen-bond donors (Lipinski definition) is 0. The van der Waals surface area contributed by atoms with Gasteiger partial charge in [-0.05, 0) is 165 Å². The first kappa shape index (κ1) is 103. The molecule has 0 spiro atoms. The van der Waals surface area contributed by atoms with Gasteiger partial charge in [0.1, 0.15) is 31.8 Å². The molecule has 0 unspecified atom stereocenters. The third kappa shape index (κ3) is 41.7. The van der Waals surface area contributed by atoms with E-state index >= 15 is 0 Å². The molecule has 0 aliphatic carbocycles. The van der Waals surface area contributed by atoms with E-state index in [1.165, 1.54) is 54.1 Å². The minimum atomic E-state index is -6.00. The predicted molar refractivity (Wildman–Crippen MR) is 398 cm³/mol. The molecule has 4 heterocycles. The molecular weight excluding hydrogens is 1960 g/mol. The van der Waals surface area contributed by atoms with Crippen LogP contribution in [0.15, 0.2) is 255 Å². The second-order valence-corrected chi connectivity index (χ2v) is 31.4. The zero-order chi connectivity index (χ0) is 70.2. The number of halogens is 12. The molecule has 0 fully saturated rings. The first-order valence-electron chi connectivity index (χ1n) is 30.0. The number of aromatic nitrogens is 4. The van der Waals surface area contributed by atoms with Gasteiger partial charge in [0, 0.05) is 24.8 Å². The van der Waals surface area contributed by atoms with Crippen LogP contribution in [0.3, 0.4) is 0 Å². The van der Waals surface area contributed by atoms with Crippen molar-refractivity contribution < 1.29 is 131 Å². The van der Waals surface area contributed by atoms with Gasteiger partial charge in [-0.2, -0.15) is 0 Å². The Bertz CT molecular complexity index is 3170. The molecule has 26 heteroatoms. The SMILES string of the molecule is CC(C)(C)c1ccnc(-c2cc(C(C)(C)C)ccn2)c1.CC(C)(C)c1ccnc(-c2cc(C(C)(C)C)ccn2)c1.ClCCl.ClCCl.F[B-](F)(F)F.F[B-](F)(F)F.[Au+].[Au+].[O-2].[O-2].[Pd+2].[Pd+2].c1ccc([PH+](c2ccccc2)c2ccccc2)cc1.c1ccc([PH+](c2ccccc2)c2ccccc2)cc1. The fraction of sp³-hybridized carbons (Fsp3) is 0.243. The largest absolute Gasteiger partial charge is 2.00 e. The maximum Gasteiger partial charge on any atom is 2.00 e. The van der Waals surface area contributed by atoms with E-state index in [1.54, 1.807) is 0 Å². The minimum Gasteiger partial charge on any atom is -2.00 e. The fourth-order valence-corrected chi connectivity index (χ4v) is 13.9. The van der Waals surface area contributed by atoms with Gasteiger partial charge in [0.05, 0.1) is 49.3 Å². The van der Waals surface area contributed by atoms with Gasteiger partial charge in [-0.15, -0.1) is 46.4 Å². The van der Waals surface area contributed by atoms with Crippen LogP contribution in [-0.2, 0) is 118 Å². The summed E-state index contributed by atoms with van der Waals surface area (Å²) in [5, 5.41) is 9.00. The van der Waals surface area contributed by atoms with Crippen molar-refractivity contribution in [2.45, 2.75) is 105 Å². The van der Waals surface area contributed by atoms with Crippen LogP contribution < -0.4 is 31.8 Å². The zero-order valence-corrected chi connectivity index (χ0v) is 69.7. The average molecular weight is 2050 g/mol. The van der Waals surface area contributed by atoms with Gasteiger partial charge in [-0.1, -0.05) is 192 Å². The first-order chi connectivity index (χ1) is 44.1.